The Kier molecular flexibility index (Phi) is 7.08. The maximum Gasteiger partial charge on any atom is 0.305 e. The average Bonchev–Trinajstić information content (AvgIpc) is 3.13. The number of fused-ring (bicyclic) bond motifs is 5. The van der Waals surface area contributed by atoms with Crippen molar-refractivity contribution in [2.75, 3.05) is 7.11 Å². The highest BCUT2D eigenvalue weighted by atomic mass is 79.9. The Hall–Kier alpha value is -0.910. The van der Waals surface area contributed by atoms with Gasteiger partial charge in [-0.1, -0.05) is 36.7 Å². The van der Waals surface area contributed by atoms with Gasteiger partial charge < -0.3 is 9.47 Å². The Morgan fingerprint density at radius 2 is 1.82 bits per heavy atom. The standard InChI is InChI=1S/C27H41BrO5/c1-15(6-11-24(31)32-5)18-9-10-19-17-7-8-20-25(28)22(30)12-13-26(20,3)21(17)14-23(27(18,19)4)33-16(2)29/h15,17-21,23,25H,6-14H2,1-5H3/t15-,17-,18+,19-,20-,21-,23-,25+,26-,27+/m0/s1. The molecule has 0 radical (unpaired) electrons. The molecule has 0 aromatic rings. The smallest absolute Gasteiger partial charge is 0.305 e. The first-order valence-corrected chi connectivity index (χ1v) is 13.9. The van der Waals surface area contributed by atoms with E-state index in [1.807, 2.05) is 0 Å². The van der Waals surface area contributed by atoms with E-state index in [9.17, 15) is 14.4 Å². The highest BCUT2D eigenvalue weighted by molar-refractivity contribution is 9.10. The molecule has 0 bridgehead atoms. The highest BCUT2D eigenvalue weighted by Gasteiger charge is 2.65. The summed E-state index contributed by atoms with van der Waals surface area (Å²) < 4.78 is 11.0. The van der Waals surface area contributed by atoms with E-state index in [2.05, 4.69) is 36.7 Å². The molecule has 4 aliphatic rings. The van der Waals surface area contributed by atoms with Gasteiger partial charge in [-0.2, -0.15) is 0 Å². The van der Waals surface area contributed by atoms with Gasteiger partial charge in [0.05, 0.1) is 11.9 Å². The number of hydrogen-bond donors (Lipinski definition) is 0. The molecule has 0 aromatic heterocycles. The lowest BCUT2D eigenvalue weighted by atomic mass is 9.43. The largest absolute Gasteiger partial charge is 0.469 e. The topological polar surface area (TPSA) is 69.7 Å². The number of Topliss-reactive ketones (excluding diaryl/α,β-unsaturated/α-hetero) is 1. The van der Waals surface area contributed by atoms with Crippen LogP contribution >= 0.6 is 15.9 Å². The molecule has 6 heteroatoms. The lowest BCUT2D eigenvalue weighted by Crippen LogP contribution is -2.60. The predicted octanol–water partition coefficient (Wildman–Crippen LogP) is 5.72. The van der Waals surface area contributed by atoms with Crippen LogP contribution in [0.25, 0.3) is 0 Å². The predicted molar refractivity (Wildman–Crippen MR) is 130 cm³/mol. The minimum absolute atomic E-state index is 0.0349. The molecule has 4 saturated carbocycles. The van der Waals surface area contributed by atoms with Crippen molar-refractivity contribution in [3.8, 4) is 0 Å². The normalized spacial score (nSPS) is 45.4. The minimum Gasteiger partial charge on any atom is -0.469 e. The van der Waals surface area contributed by atoms with E-state index in [0.717, 1.165) is 38.5 Å². The second-order valence-corrected chi connectivity index (χ2v) is 12.9. The fourth-order valence-electron chi connectivity index (χ4n) is 9.01. The molecule has 4 aliphatic carbocycles. The van der Waals surface area contributed by atoms with Crippen LogP contribution in [-0.2, 0) is 23.9 Å². The Balaban J connectivity index is 1.64. The van der Waals surface area contributed by atoms with Gasteiger partial charge in [0.1, 0.15) is 11.9 Å². The van der Waals surface area contributed by atoms with Crippen LogP contribution in [0.2, 0.25) is 0 Å². The van der Waals surface area contributed by atoms with Crippen molar-refractivity contribution in [3.05, 3.63) is 0 Å². The van der Waals surface area contributed by atoms with Crippen molar-refractivity contribution in [1.29, 1.82) is 0 Å². The van der Waals surface area contributed by atoms with E-state index >= 15 is 0 Å². The van der Waals surface area contributed by atoms with Gasteiger partial charge >= 0.3 is 11.9 Å². The highest BCUT2D eigenvalue weighted by Crippen LogP contribution is 2.69. The molecule has 4 rings (SSSR count). The molecule has 33 heavy (non-hydrogen) atoms. The second kappa shape index (κ2) is 9.28. The maximum absolute atomic E-state index is 12.5. The number of carbonyl (C=O) groups excluding carboxylic acids is 3. The van der Waals surface area contributed by atoms with E-state index in [1.165, 1.54) is 20.5 Å². The van der Waals surface area contributed by atoms with Gasteiger partial charge in [-0.05, 0) is 85.9 Å². The van der Waals surface area contributed by atoms with Crippen LogP contribution in [0.5, 0.6) is 0 Å². The first kappa shape index (κ1) is 25.2. The third-order valence-electron chi connectivity index (χ3n) is 10.7. The van der Waals surface area contributed by atoms with Crippen LogP contribution in [0.4, 0.5) is 0 Å². The molecule has 0 saturated heterocycles. The summed E-state index contributed by atoms with van der Waals surface area (Å²) >= 11 is 3.76. The number of alkyl halides is 1. The fraction of sp³-hybridized carbons (Fsp3) is 0.889. The van der Waals surface area contributed by atoms with E-state index in [0.29, 0.717) is 54.1 Å². The summed E-state index contributed by atoms with van der Waals surface area (Å²) in [6.45, 7) is 8.58. The summed E-state index contributed by atoms with van der Waals surface area (Å²) in [4.78, 5) is 36.5. The fourth-order valence-corrected chi connectivity index (χ4v) is 10.1. The first-order chi connectivity index (χ1) is 15.5. The molecule has 186 valence electrons. The van der Waals surface area contributed by atoms with Crippen molar-refractivity contribution >= 4 is 33.7 Å². The number of ether oxygens (including phenoxy) is 2. The Bertz CT molecular complexity index is 797. The van der Waals surface area contributed by atoms with Crippen LogP contribution < -0.4 is 0 Å². The van der Waals surface area contributed by atoms with Crippen molar-refractivity contribution in [2.45, 2.75) is 96.4 Å². The zero-order valence-corrected chi connectivity index (χ0v) is 22.5. The molecule has 0 heterocycles. The number of hydrogen-bond acceptors (Lipinski definition) is 5. The quantitative estimate of drug-likeness (QED) is 0.339. The molecular weight excluding hydrogens is 484 g/mol. The Morgan fingerprint density at radius 1 is 1.12 bits per heavy atom. The van der Waals surface area contributed by atoms with Crippen molar-refractivity contribution in [3.63, 3.8) is 0 Å². The van der Waals surface area contributed by atoms with Gasteiger partial charge in [0.25, 0.3) is 0 Å². The minimum atomic E-state index is -0.194. The molecule has 4 fully saturated rings. The molecule has 0 amide bonds. The van der Waals surface area contributed by atoms with E-state index in [1.54, 1.807) is 0 Å². The van der Waals surface area contributed by atoms with E-state index in [4.69, 9.17) is 9.47 Å². The zero-order valence-electron chi connectivity index (χ0n) is 20.9. The number of ketones is 1. The summed E-state index contributed by atoms with van der Waals surface area (Å²) in [5.41, 5.74) is 0.0448. The number of esters is 2. The van der Waals surface area contributed by atoms with Crippen molar-refractivity contribution in [1.82, 2.24) is 0 Å². The van der Waals surface area contributed by atoms with Gasteiger partial charge in [-0.3, -0.25) is 14.4 Å². The third kappa shape index (κ3) is 4.10. The van der Waals surface area contributed by atoms with Gasteiger partial charge in [-0.15, -0.1) is 0 Å². The average molecular weight is 526 g/mol. The SMILES string of the molecule is COC(=O)CC[C@H](C)[C@H]1CC[C@H]2[C@@H]3CC[C@H]4[C@@H](Br)C(=O)CC[C@]4(C)[C@H]3C[C@H](OC(C)=O)[C@]12C. The molecular formula is C27H41BrO5. The van der Waals surface area contributed by atoms with Gasteiger partial charge in [0.15, 0.2) is 0 Å². The maximum atomic E-state index is 12.5. The van der Waals surface area contributed by atoms with E-state index < -0.39 is 0 Å². The third-order valence-corrected chi connectivity index (χ3v) is 11.8. The van der Waals surface area contributed by atoms with Crippen molar-refractivity contribution < 1.29 is 23.9 Å². The second-order valence-electron chi connectivity index (χ2n) is 11.9. The van der Waals surface area contributed by atoms with Gasteiger partial charge in [0.2, 0.25) is 0 Å². The molecule has 0 aromatic carbocycles. The van der Waals surface area contributed by atoms with Gasteiger partial charge in [0, 0.05) is 25.2 Å². The Labute approximate surface area is 207 Å². The molecule has 0 unspecified atom stereocenters. The van der Waals surface area contributed by atoms with Crippen LogP contribution in [0.1, 0.15) is 85.5 Å². The lowest BCUT2D eigenvalue weighted by molar-refractivity contribution is -0.192. The number of carbonyl (C=O) groups is 3. The van der Waals surface area contributed by atoms with Crippen LogP contribution in [0.15, 0.2) is 0 Å². The number of methoxy groups -OCH3 is 1. The molecule has 0 N–H and O–H groups in total. The van der Waals surface area contributed by atoms with Crippen LogP contribution in [0, 0.1) is 46.3 Å². The summed E-state index contributed by atoms with van der Waals surface area (Å²) in [6, 6.07) is 0. The van der Waals surface area contributed by atoms with Crippen LogP contribution in [0.3, 0.4) is 0 Å². The Morgan fingerprint density at radius 3 is 2.48 bits per heavy atom. The summed E-state index contributed by atoms with van der Waals surface area (Å²) in [5.74, 6) is 2.82. The van der Waals surface area contributed by atoms with Crippen molar-refractivity contribution in [2.24, 2.45) is 46.3 Å². The van der Waals surface area contributed by atoms with E-state index in [-0.39, 0.29) is 33.7 Å². The summed E-state index contributed by atoms with van der Waals surface area (Å²) in [6.07, 6.45) is 8.23. The monoisotopic (exact) mass is 524 g/mol. The first-order valence-electron chi connectivity index (χ1n) is 12.9. The number of rotatable bonds is 5. The molecule has 0 spiro atoms. The molecule has 0 aliphatic heterocycles. The zero-order chi connectivity index (χ0) is 24.1. The molecule has 5 nitrogen and oxygen atoms in total. The lowest BCUT2D eigenvalue weighted by Gasteiger charge is -2.62. The summed E-state index contributed by atoms with van der Waals surface area (Å²) in [7, 11) is 1.45. The summed E-state index contributed by atoms with van der Waals surface area (Å²) in [5, 5.41) is 0. The molecule has 10 atom stereocenters. The van der Waals surface area contributed by atoms with Gasteiger partial charge in [-0.25, -0.2) is 0 Å². The van der Waals surface area contributed by atoms with Crippen LogP contribution in [-0.4, -0.2) is 35.8 Å². The number of halogens is 1.